The molecule has 2 amide bonds. The summed E-state index contributed by atoms with van der Waals surface area (Å²) in [7, 11) is 1.61. The van der Waals surface area contributed by atoms with E-state index in [1.54, 1.807) is 12.4 Å². The lowest BCUT2D eigenvalue weighted by Crippen LogP contribution is -2.88. The summed E-state index contributed by atoms with van der Waals surface area (Å²) in [4.78, 5) is 25.1. The Labute approximate surface area is 132 Å². The Kier molecular flexibility index (Phi) is 6.40. The Morgan fingerprint density at radius 2 is 1.86 bits per heavy atom. The third kappa shape index (κ3) is 5.15. The van der Waals surface area contributed by atoms with E-state index in [9.17, 15) is 9.59 Å². The van der Waals surface area contributed by atoms with Crippen molar-refractivity contribution in [2.24, 2.45) is 5.92 Å². The number of quaternary nitrogens is 1. The van der Waals surface area contributed by atoms with Gasteiger partial charge in [-0.05, 0) is 30.7 Å². The number of nitrogens with two attached hydrogens (primary N) is 1. The number of likely N-dealkylation sites (N-methyl/N-ethyl adjacent to an activating group) is 1. The molecule has 120 valence electrons. The first kappa shape index (κ1) is 16.5. The van der Waals surface area contributed by atoms with Crippen molar-refractivity contribution in [3.8, 4) is 0 Å². The molecule has 3 N–H and O–H groups in total. The summed E-state index contributed by atoms with van der Waals surface area (Å²) >= 11 is 0. The third-order valence-electron chi connectivity index (χ3n) is 4.26. The molecule has 1 aliphatic heterocycles. The van der Waals surface area contributed by atoms with E-state index in [4.69, 9.17) is 0 Å². The fourth-order valence-corrected chi connectivity index (χ4v) is 2.89. The minimum atomic E-state index is -0.0469. The quantitative estimate of drug-likeness (QED) is 0.763. The van der Waals surface area contributed by atoms with Crippen LogP contribution in [0.3, 0.4) is 0 Å². The molecule has 1 heterocycles. The Morgan fingerprint density at radius 1 is 1.18 bits per heavy atom. The molecule has 2 rings (SSSR count). The number of nitrogens with zero attached hydrogens (tertiary/aromatic N) is 1. The van der Waals surface area contributed by atoms with E-state index in [2.05, 4.69) is 29.6 Å². The van der Waals surface area contributed by atoms with Crippen LogP contribution in [0, 0.1) is 5.92 Å². The second-order valence-corrected chi connectivity index (χ2v) is 5.88. The number of piperidine rings is 1. The van der Waals surface area contributed by atoms with Gasteiger partial charge in [-0.1, -0.05) is 30.3 Å². The first-order valence-electron chi connectivity index (χ1n) is 8.03. The fraction of sp³-hybridized carbons (Fsp3) is 0.529. The summed E-state index contributed by atoms with van der Waals surface area (Å²) in [6.07, 6.45) is 3.23. The molecular formula is C17H26N3O2+. The number of carbonyl (C=O) groups excluding carboxylic acids is 2. The molecule has 5 heteroatoms. The molecule has 0 aliphatic carbocycles. The summed E-state index contributed by atoms with van der Waals surface area (Å²) in [6, 6.07) is 10.5. The topological polar surface area (TPSA) is 66.0 Å². The van der Waals surface area contributed by atoms with Crippen LogP contribution < -0.4 is 10.6 Å². The summed E-state index contributed by atoms with van der Waals surface area (Å²) in [5, 5.41) is 4.31. The van der Waals surface area contributed by atoms with E-state index in [1.165, 1.54) is 5.56 Å². The van der Waals surface area contributed by atoms with E-state index in [1.807, 2.05) is 11.0 Å². The zero-order valence-electron chi connectivity index (χ0n) is 13.3. The molecule has 0 unspecified atom stereocenters. The SMILES string of the molecule is CNC(=O)C[NH2+]CC(=O)N1CCC(Cc2ccccc2)CC1. The van der Waals surface area contributed by atoms with Crippen LogP contribution in [0.4, 0.5) is 0 Å². The predicted octanol–water partition coefficient (Wildman–Crippen LogP) is -0.223. The van der Waals surface area contributed by atoms with Crippen LogP contribution in [-0.2, 0) is 16.0 Å². The third-order valence-corrected chi connectivity index (χ3v) is 4.26. The molecule has 22 heavy (non-hydrogen) atoms. The Hall–Kier alpha value is -1.88. The van der Waals surface area contributed by atoms with Crippen LogP contribution in [0.2, 0.25) is 0 Å². The van der Waals surface area contributed by atoms with Gasteiger partial charge in [-0.25, -0.2) is 0 Å². The molecule has 0 radical (unpaired) electrons. The second kappa shape index (κ2) is 8.54. The van der Waals surface area contributed by atoms with Crippen LogP contribution in [0.5, 0.6) is 0 Å². The van der Waals surface area contributed by atoms with Gasteiger partial charge in [-0.2, -0.15) is 0 Å². The highest BCUT2D eigenvalue weighted by Gasteiger charge is 2.23. The number of rotatable bonds is 6. The largest absolute Gasteiger partial charge is 0.354 e. The smallest absolute Gasteiger partial charge is 0.277 e. The van der Waals surface area contributed by atoms with Gasteiger partial charge in [-0.15, -0.1) is 0 Å². The lowest BCUT2D eigenvalue weighted by atomic mass is 9.90. The lowest BCUT2D eigenvalue weighted by Gasteiger charge is -2.31. The molecule has 1 aliphatic rings. The molecule has 1 saturated heterocycles. The predicted molar refractivity (Wildman–Crippen MR) is 85.2 cm³/mol. The van der Waals surface area contributed by atoms with Crippen molar-refractivity contribution >= 4 is 11.8 Å². The molecule has 0 aromatic heterocycles. The van der Waals surface area contributed by atoms with Crippen LogP contribution in [-0.4, -0.2) is 49.9 Å². The highest BCUT2D eigenvalue weighted by Crippen LogP contribution is 2.21. The Bertz CT molecular complexity index is 482. The maximum atomic E-state index is 12.1. The minimum Gasteiger partial charge on any atom is -0.354 e. The van der Waals surface area contributed by atoms with E-state index in [0.717, 1.165) is 32.4 Å². The number of likely N-dealkylation sites (tertiary alicyclic amines) is 1. The van der Waals surface area contributed by atoms with Crippen molar-refractivity contribution in [1.82, 2.24) is 10.2 Å². The first-order valence-corrected chi connectivity index (χ1v) is 8.03. The van der Waals surface area contributed by atoms with Crippen molar-refractivity contribution in [3.05, 3.63) is 35.9 Å². The van der Waals surface area contributed by atoms with Crippen molar-refractivity contribution in [2.45, 2.75) is 19.3 Å². The molecule has 0 bridgehead atoms. The van der Waals surface area contributed by atoms with Gasteiger partial charge in [-0.3, -0.25) is 9.59 Å². The minimum absolute atomic E-state index is 0.0469. The highest BCUT2D eigenvalue weighted by atomic mass is 16.2. The number of hydrogen-bond acceptors (Lipinski definition) is 2. The maximum absolute atomic E-state index is 12.1. The Morgan fingerprint density at radius 3 is 2.50 bits per heavy atom. The molecule has 0 saturated carbocycles. The second-order valence-electron chi connectivity index (χ2n) is 5.88. The highest BCUT2D eigenvalue weighted by molar-refractivity contribution is 5.78. The van der Waals surface area contributed by atoms with Gasteiger partial charge in [0.25, 0.3) is 11.8 Å². The van der Waals surface area contributed by atoms with Gasteiger partial charge in [0, 0.05) is 20.1 Å². The first-order chi connectivity index (χ1) is 10.7. The zero-order valence-corrected chi connectivity index (χ0v) is 13.3. The molecule has 1 fully saturated rings. The van der Waals surface area contributed by atoms with E-state index < -0.39 is 0 Å². The molecule has 5 nitrogen and oxygen atoms in total. The van der Waals surface area contributed by atoms with E-state index in [-0.39, 0.29) is 11.8 Å². The monoisotopic (exact) mass is 304 g/mol. The molecular weight excluding hydrogens is 278 g/mol. The normalized spacial score (nSPS) is 15.6. The van der Waals surface area contributed by atoms with Crippen LogP contribution in [0.1, 0.15) is 18.4 Å². The summed E-state index contributed by atoms with van der Waals surface area (Å²) in [5.74, 6) is 0.762. The maximum Gasteiger partial charge on any atom is 0.277 e. The molecule has 1 aromatic carbocycles. The van der Waals surface area contributed by atoms with Crippen molar-refractivity contribution in [2.75, 3.05) is 33.2 Å². The van der Waals surface area contributed by atoms with Gasteiger partial charge in [0.05, 0.1) is 0 Å². The van der Waals surface area contributed by atoms with Crippen molar-refractivity contribution < 1.29 is 14.9 Å². The van der Waals surface area contributed by atoms with Gasteiger partial charge in [0.2, 0.25) is 0 Å². The number of carbonyl (C=O) groups is 2. The number of amides is 2. The van der Waals surface area contributed by atoms with E-state index in [0.29, 0.717) is 19.0 Å². The number of hydrogen-bond donors (Lipinski definition) is 2. The van der Waals surface area contributed by atoms with Crippen LogP contribution >= 0.6 is 0 Å². The molecule has 0 spiro atoms. The Balaban J connectivity index is 1.68. The summed E-state index contributed by atoms with van der Waals surface area (Å²) in [5.41, 5.74) is 1.38. The summed E-state index contributed by atoms with van der Waals surface area (Å²) < 4.78 is 0. The van der Waals surface area contributed by atoms with Gasteiger partial charge in [0.15, 0.2) is 13.1 Å². The zero-order chi connectivity index (χ0) is 15.8. The van der Waals surface area contributed by atoms with Gasteiger partial charge in [0.1, 0.15) is 0 Å². The van der Waals surface area contributed by atoms with Crippen molar-refractivity contribution in [1.29, 1.82) is 0 Å². The van der Waals surface area contributed by atoms with Gasteiger partial charge >= 0.3 is 0 Å². The average Bonchev–Trinajstić information content (AvgIpc) is 2.56. The molecule has 0 atom stereocenters. The van der Waals surface area contributed by atoms with E-state index >= 15 is 0 Å². The van der Waals surface area contributed by atoms with Crippen LogP contribution in [0.15, 0.2) is 30.3 Å². The number of nitrogens with one attached hydrogen (secondary N) is 1. The van der Waals surface area contributed by atoms with Crippen LogP contribution in [0.25, 0.3) is 0 Å². The van der Waals surface area contributed by atoms with Crippen molar-refractivity contribution in [3.63, 3.8) is 0 Å². The standard InChI is InChI=1S/C17H25N3O2/c1-18-16(21)12-19-13-17(22)20-9-7-15(8-10-20)11-14-5-3-2-4-6-14/h2-6,15,19H,7-13H2,1H3,(H,18,21)/p+1. The average molecular weight is 304 g/mol. The van der Waals surface area contributed by atoms with Gasteiger partial charge < -0.3 is 15.5 Å². The lowest BCUT2D eigenvalue weighted by molar-refractivity contribution is -0.633. The number of benzene rings is 1. The summed E-state index contributed by atoms with van der Waals surface area (Å²) in [6.45, 7) is 2.35. The molecule has 1 aromatic rings. The fourth-order valence-electron chi connectivity index (χ4n) is 2.89.